The van der Waals surface area contributed by atoms with Gasteiger partial charge in [-0.2, -0.15) is 0 Å². The molecule has 1 aliphatic rings. The minimum absolute atomic E-state index is 0.00884. The molecule has 1 aromatic rings. The predicted molar refractivity (Wildman–Crippen MR) is 50.7 cm³/mol. The third kappa shape index (κ3) is 1.43. The molecule has 0 saturated carbocycles. The molecule has 2 heterocycles. The summed E-state index contributed by atoms with van der Waals surface area (Å²) >= 11 is 0. The van der Waals surface area contributed by atoms with Crippen molar-refractivity contribution >= 4 is 0 Å². The highest BCUT2D eigenvalue weighted by molar-refractivity contribution is 5.22. The highest BCUT2D eigenvalue weighted by Crippen LogP contribution is 2.23. The molecule has 14 heavy (non-hydrogen) atoms. The summed E-state index contributed by atoms with van der Waals surface area (Å²) in [4.78, 5) is 4.25. The molecule has 1 aliphatic heterocycles. The molecule has 2 unspecified atom stereocenters. The van der Waals surface area contributed by atoms with E-state index in [2.05, 4.69) is 10.3 Å². The fourth-order valence-electron chi connectivity index (χ4n) is 2.00. The van der Waals surface area contributed by atoms with Crippen LogP contribution in [0.2, 0.25) is 0 Å². The van der Waals surface area contributed by atoms with Crippen molar-refractivity contribution in [2.75, 3.05) is 13.2 Å². The van der Waals surface area contributed by atoms with E-state index >= 15 is 0 Å². The lowest BCUT2D eigenvalue weighted by Crippen LogP contribution is -2.43. The highest BCUT2D eigenvalue weighted by Gasteiger charge is 2.28. The maximum Gasteiger partial charge on any atom is 0.0949 e. The van der Waals surface area contributed by atoms with Crippen LogP contribution < -0.4 is 5.32 Å². The monoisotopic (exact) mass is 197 g/mol. The summed E-state index contributed by atoms with van der Waals surface area (Å²) in [5.41, 5.74) is 2.00. The van der Waals surface area contributed by atoms with Crippen molar-refractivity contribution in [3.05, 3.63) is 17.7 Å². The minimum Gasteiger partial charge on any atom is -0.395 e. The zero-order valence-corrected chi connectivity index (χ0v) is 8.14. The molecule has 0 radical (unpaired) electrons. The van der Waals surface area contributed by atoms with Gasteiger partial charge in [-0.05, 0) is 0 Å². The van der Waals surface area contributed by atoms with Crippen molar-refractivity contribution in [1.82, 2.24) is 14.9 Å². The number of rotatable bonds is 2. The molecule has 5 nitrogen and oxygen atoms in total. The van der Waals surface area contributed by atoms with Crippen LogP contribution in [0.4, 0.5) is 0 Å². The van der Waals surface area contributed by atoms with Crippen LogP contribution in [0.5, 0.6) is 0 Å². The van der Waals surface area contributed by atoms with Crippen molar-refractivity contribution in [3.63, 3.8) is 0 Å². The maximum atomic E-state index is 9.21. The van der Waals surface area contributed by atoms with Gasteiger partial charge in [-0.3, -0.25) is 0 Å². The molecule has 0 bridgehead atoms. The number of nitrogens with one attached hydrogen (secondary N) is 1. The van der Waals surface area contributed by atoms with Gasteiger partial charge in [0, 0.05) is 19.5 Å². The average molecular weight is 197 g/mol. The highest BCUT2D eigenvalue weighted by atomic mass is 16.3. The zero-order chi connectivity index (χ0) is 10.1. The standard InChI is InChI=1S/C9H15N3O2/c1-12-5-10-7-2-6(3-13)11-8(4-14)9(7)12/h5-6,8,11,13-14H,2-4H2,1H3. The minimum atomic E-state index is -0.108. The molecule has 0 amide bonds. The topological polar surface area (TPSA) is 70.3 Å². The molecule has 0 aromatic carbocycles. The molecule has 3 N–H and O–H groups in total. The Kier molecular flexibility index (Phi) is 2.54. The third-order valence-electron chi connectivity index (χ3n) is 2.67. The lowest BCUT2D eigenvalue weighted by atomic mass is 10.00. The number of nitrogens with zero attached hydrogens (tertiary/aromatic N) is 2. The summed E-state index contributed by atoms with van der Waals surface area (Å²) in [6.07, 6.45) is 2.47. The Morgan fingerprint density at radius 3 is 3.00 bits per heavy atom. The van der Waals surface area contributed by atoms with Gasteiger partial charge in [0.25, 0.3) is 0 Å². The van der Waals surface area contributed by atoms with Gasteiger partial charge in [0.05, 0.1) is 37.0 Å². The molecule has 78 valence electrons. The van der Waals surface area contributed by atoms with Gasteiger partial charge in [-0.1, -0.05) is 0 Å². The number of hydrogen-bond donors (Lipinski definition) is 3. The number of aliphatic hydroxyl groups is 2. The van der Waals surface area contributed by atoms with Gasteiger partial charge < -0.3 is 20.1 Å². The maximum absolute atomic E-state index is 9.21. The first kappa shape index (κ1) is 9.64. The van der Waals surface area contributed by atoms with Gasteiger partial charge >= 0.3 is 0 Å². The second kappa shape index (κ2) is 3.68. The Morgan fingerprint density at radius 1 is 1.57 bits per heavy atom. The molecule has 0 spiro atoms. The van der Waals surface area contributed by atoms with Crippen LogP contribution in [0.15, 0.2) is 6.33 Å². The van der Waals surface area contributed by atoms with E-state index in [0.717, 1.165) is 17.8 Å². The van der Waals surface area contributed by atoms with Crippen LogP contribution in [0.25, 0.3) is 0 Å². The first-order chi connectivity index (χ1) is 6.76. The van der Waals surface area contributed by atoms with Gasteiger partial charge in [0.15, 0.2) is 0 Å². The van der Waals surface area contributed by atoms with Crippen molar-refractivity contribution in [2.45, 2.75) is 18.5 Å². The van der Waals surface area contributed by atoms with Crippen LogP contribution in [-0.4, -0.2) is 39.0 Å². The fourth-order valence-corrected chi connectivity index (χ4v) is 2.00. The van der Waals surface area contributed by atoms with E-state index in [-0.39, 0.29) is 25.3 Å². The number of aliphatic hydroxyl groups excluding tert-OH is 2. The molecule has 0 fully saturated rings. The van der Waals surface area contributed by atoms with Gasteiger partial charge in [-0.15, -0.1) is 0 Å². The number of fused-ring (bicyclic) bond motifs is 1. The van der Waals surface area contributed by atoms with E-state index < -0.39 is 0 Å². The Morgan fingerprint density at radius 2 is 2.36 bits per heavy atom. The fraction of sp³-hybridized carbons (Fsp3) is 0.667. The smallest absolute Gasteiger partial charge is 0.0949 e. The van der Waals surface area contributed by atoms with Crippen LogP contribution in [0.1, 0.15) is 17.4 Å². The molecule has 1 aromatic heterocycles. The van der Waals surface area contributed by atoms with E-state index in [1.165, 1.54) is 0 Å². The lowest BCUT2D eigenvalue weighted by Gasteiger charge is -2.29. The summed E-state index contributed by atoms with van der Waals surface area (Å²) in [5.74, 6) is 0. The second-order valence-corrected chi connectivity index (χ2v) is 3.67. The lowest BCUT2D eigenvalue weighted by molar-refractivity contribution is 0.179. The Bertz CT molecular complexity index is 324. The Hall–Kier alpha value is -0.910. The molecular formula is C9H15N3O2. The van der Waals surface area contributed by atoms with Crippen molar-refractivity contribution < 1.29 is 10.2 Å². The van der Waals surface area contributed by atoms with Gasteiger partial charge in [-0.25, -0.2) is 4.98 Å². The summed E-state index contributed by atoms with van der Waals surface area (Å²) < 4.78 is 1.91. The Balaban J connectivity index is 2.33. The summed E-state index contributed by atoms with van der Waals surface area (Å²) in [5, 5.41) is 21.4. The summed E-state index contributed by atoms with van der Waals surface area (Å²) in [6, 6.07) is -0.0991. The number of hydrogen-bond acceptors (Lipinski definition) is 4. The average Bonchev–Trinajstić information content (AvgIpc) is 2.59. The van der Waals surface area contributed by atoms with Crippen molar-refractivity contribution in [1.29, 1.82) is 0 Å². The number of imidazole rings is 1. The van der Waals surface area contributed by atoms with E-state index in [0.29, 0.717) is 0 Å². The van der Waals surface area contributed by atoms with Crippen molar-refractivity contribution in [3.8, 4) is 0 Å². The molecular weight excluding hydrogens is 182 g/mol. The van der Waals surface area contributed by atoms with E-state index in [1.54, 1.807) is 6.33 Å². The first-order valence-electron chi connectivity index (χ1n) is 4.74. The van der Waals surface area contributed by atoms with Crippen LogP contribution in [0.3, 0.4) is 0 Å². The van der Waals surface area contributed by atoms with Crippen molar-refractivity contribution in [2.24, 2.45) is 7.05 Å². The number of aryl methyl sites for hydroxylation is 1. The van der Waals surface area contributed by atoms with E-state index in [1.807, 2.05) is 11.6 Å². The molecule has 2 rings (SSSR count). The predicted octanol–water partition coefficient (Wildman–Crippen LogP) is -1.04. The SMILES string of the molecule is Cn1cnc2c1C(CO)NC(CO)C2. The quantitative estimate of drug-likeness (QED) is 0.566. The molecule has 2 atom stereocenters. The first-order valence-corrected chi connectivity index (χ1v) is 4.74. The second-order valence-electron chi connectivity index (χ2n) is 3.67. The van der Waals surface area contributed by atoms with Gasteiger partial charge in [0.1, 0.15) is 0 Å². The normalized spacial score (nSPS) is 26.2. The summed E-state index contributed by atoms with van der Waals surface area (Å²) in [7, 11) is 1.91. The van der Waals surface area contributed by atoms with Gasteiger partial charge in [0.2, 0.25) is 0 Å². The van der Waals surface area contributed by atoms with Crippen LogP contribution >= 0.6 is 0 Å². The molecule has 0 saturated heterocycles. The third-order valence-corrected chi connectivity index (χ3v) is 2.67. The molecule has 5 heteroatoms. The van der Waals surface area contributed by atoms with E-state index in [9.17, 15) is 5.11 Å². The number of aromatic nitrogens is 2. The van der Waals surface area contributed by atoms with Crippen LogP contribution in [0, 0.1) is 0 Å². The zero-order valence-electron chi connectivity index (χ0n) is 8.14. The van der Waals surface area contributed by atoms with E-state index in [4.69, 9.17) is 5.11 Å². The summed E-state index contributed by atoms with van der Waals surface area (Å²) in [6.45, 7) is 0.107. The largest absolute Gasteiger partial charge is 0.395 e. The Labute approximate surface area is 82.4 Å². The molecule has 0 aliphatic carbocycles. The van der Waals surface area contributed by atoms with Crippen LogP contribution in [-0.2, 0) is 13.5 Å².